The van der Waals surface area contributed by atoms with E-state index in [1.54, 1.807) is 24.5 Å². The number of aromatic nitrogens is 2. The molecule has 0 aliphatic heterocycles. The van der Waals surface area contributed by atoms with Crippen LogP contribution >= 0.6 is 12.6 Å². The van der Waals surface area contributed by atoms with E-state index in [1.165, 1.54) is 37.0 Å². The first-order valence-corrected chi connectivity index (χ1v) is 10.9. The number of rotatable bonds is 6. The van der Waals surface area contributed by atoms with Crippen molar-refractivity contribution in [3.8, 4) is 5.75 Å². The van der Waals surface area contributed by atoms with Crippen LogP contribution in [0.5, 0.6) is 5.75 Å². The minimum atomic E-state index is -2.99. The SMILES string of the molecule is CCC.CS.N=C1C=C(c2cc([C@@H](O)c3cnc(CO)nc3)ccc2OC(F)F)C=CC1. The van der Waals surface area contributed by atoms with E-state index >= 15 is 0 Å². The number of halogens is 2. The summed E-state index contributed by atoms with van der Waals surface area (Å²) in [5.74, 6) is 0.182. The number of nitrogens with one attached hydrogen (secondary N) is 1. The van der Waals surface area contributed by atoms with Gasteiger partial charge in [-0.1, -0.05) is 38.5 Å². The predicted octanol–water partition coefficient (Wildman–Crippen LogP) is 4.98. The number of benzene rings is 1. The summed E-state index contributed by atoms with van der Waals surface area (Å²) in [6.07, 6.45) is 10.2. The number of allylic oxidation sites excluding steroid dienone is 4. The molecule has 0 saturated heterocycles. The normalized spacial score (nSPS) is 13.4. The van der Waals surface area contributed by atoms with E-state index in [2.05, 4.69) is 41.2 Å². The third-order valence-corrected chi connectivity index (χ3v) is 3.99. The Hall–Kier alpha value is -2.62. The number of ether oxygens (including phenoxy) is 1. The molecule has 0 bridgehead atoms. The first-order chi connectivity index (χ1) is 15.4. The zero-order valence-electron chi connectivity index (χ0n) is 18.3. The van der Waals surface area contributed by atoms with Crippen LogP contribution in [-0.2, 0) is 6.61 Å². The van der Waals surface area contributed by atoms with E-state index in [0.717, 1.165) is 0 Å². The maximum atomic E-state index is 12.8. The van der Waals surface area contributed by atoms with E-state index in [0.29, 0.717) is 34.4 Å². The number of aliphatic hydroxyl groups excluding tert-OH is 2. The van der Waals surface area contributed by atoms with Gasteiger partial charge in [0.25, 0.3) is 0 Å². The number of hydrogen-bond acceptors (Lipinski definition) is 7. The summed E-state index contributed by atoms with van der Waals surface area (Å²) in [6.45, 7) is 0.943. The molecule has 0 radical (unpaired) electrons. The summed E-state index contributed by atoms with van der Waals surface area (Å²) in [6, 6.07) is 4.37. The van der Waals surface area contributed by atoms with E-state index < -0.39 is 12.7 Å². The van der Waals surface area contributed by atoms with Crippen molar-refractivity contribution < 1.29 is 23.7 Å². The molecule has 1 aromatic carbocycles. The summed E-state index contributed by atoms with van der Waals surface area (Å²) >= 11 is 3.53. The quantitative estimate of drug-likeness (QED) is 0.451. The van der Waals surface area contributed by atoms with Gasteiger partial charge in [0.1, 0.15) is 18.5 Å². The molecule has 0 spiro atoms. The highest BCUT2D eigenvalue weighted by molar-refractivity contribution is 7.79. The Bertz CT molecular complexity index is 919. The summed E-state index contributed by atoms with van der Waals surface area (Å²) in [4.78, 5) is 7.85. The molecule has 1 aromatic heterocycles. The van der Waals surface area contributed by atoms with Crippen LogP contribution in [0.15, 0.2) is 48.8 Å². The van der Waals surface area contributed by atoms with Gasteiger partial charge in [0.05, 0.1) is 0 Å². The number of aliphatic hydroxyl groups is 2. The smallest absolute Gasteiger partial charge is 0.387 e. The van der Waals surface area contributed by atoms with Crippen LogP contribution in [0.2, 0.25) is 0 Å². The molecular weight excluding hydrogens is 436 g/mol. The van der Waals surface area contributed by atoms with Crippen LogP contribution in [0.1, 0.15) is 55.3 Å². The average molecular weight is 466 g/mol. The topological polar surface area (TPSA) is 99.3 Å². The molecule has 9 heteroatoms. The second-order valence-corrected chi connectivity index (χ2v) is 6.57. The Labute approximate surface area is 192 Å². The first-order valence-electron chi connectivity index (χ1n) is 9.98. The second-order valence-electron chi connectivity index (χ2n) is 6.57. The van der Waals surface area contributed by atoms with Gasteiger partial charge in [-0.3, -0.25) is 0 Å². The van der Waals surface area contributed by atoms with Gasteiger partial charge >= 0.3 is 6.61 Å². The van der Waals surface area contributed by atoms with E-state index in [1.807, 2.05) is 0 Å². The Morgan fingerprint density at radius 3 is 2.31 bits per heavy atom. The highest BCUT2D eigenvalue weighted by Crippen LogP contribution is 2.34. The fourth-order valence-corrected chi connectivity index (χ4v) is 2.70. The molecule has 0 fully saturated rings. The van der Waals surface area contributed by atoms with Gasteiger partial charge in [0.15, 0.2) is 5.82 Å². The fourth-order valence-electron chi connectivity index (χ4n) is 2.70. The Kier molecular flexibility index (Phi) is 12.4. The van der Waals surface area contributed by atoms with Crippen LogP contribution in [0.3, 0.4) is 0 Å². The van der Waals surface area contributed by atoms with Gasteiger partial charge in [-0.05, 0) is 35.6 Å². The van der Waals surface area contributed by atoms with Crippen molar-refractivity contribution in [2.24, 2.45) is 0 Å². The molecule has 0 amide bonds. The fraction of sp³-hybridized carbons (Fsp3) is 0.348. The van der Waals surface area contributed by atoms with Crippen molar-refractivity contribution in [2.75, 3.05) is 6.26 Å². The van der Waals surface area contributed by atoms with Gasteiger partial charge in [0, 0.05) is 35.7 Å². The number of thiol groups is 1. The van der Waals surface area contributed by atoms with Crippen molar-refractivity contribution in [2.45, 2.75) is 46.0 Å². The van der Waals surface area contributed by atoms with Crippen molar-refractivity contribution in [3.63, 3.8) is 0 Å². The Morgan fingerprint density at radius 1 is 1.16 bits per heavy atom. The first kappa shape index (κ1) is 27.4. The minimum absolute atomic E-state index is 0.0431. The van der Waals surface area contributed by atoms with Crippen molar-refractivity contribution in [1.29, 1.82) is 5.41 Å². The minimum Gasteiger partial charge on any atom is -0.434 e. The molecular formula is C23H29F2N3O3S. The molecule has 6 nitrogen and oxygen atoms in total. The summed E-state index contributed by atoms with van der Waals surface area (Å²) < 4.78 is 30.1. The third-order valence-electron chi connectivity index (χ3n) is 3.99. The van der Waals surface area contributed by atoms with Gasteiger partial charge < -0.3 is 20.4 Å². The van der Waals surface area contributed by atoms with Crippen molar-refractivity contribution >= 4 is 23.9 Å². The maximum absolute atomic E-state index is 12.8. The van der Waals surface area contributed by atoms with E-state index in [-0.39, 0.29) is 18.2 Å². The molecule has 0 unspecified atom stereocenters. The van der Waals surface area contributed by atoms with Crippen LogP contribution in [0.4, 0.5) is 8.78 Å². The molecule has 32 heavy (non-hydrogen) atoms. The average Bonchev–Trinajstić information content (AvgIpc) is 2.80. The van der Waals surface area contributed by atoms with Crippen LogP contribution in [0.25, 0.3) is 5.57 Å². The molecule has 2 aromatic rings. The highest BCUT2D eigenvalue weighted by Gasteiger charge is 2.18. The zero-order chi connectivity index (χ0) is 24.1. The van der Waals surface area contributed by atoms with Gasteiger partial charge in [-0.25, -0.2) is 9.97 Å². The Balaban J connectivity index is 0.000000944. The van der Waals surface area contributed by atoms with E-state index in [9.17, 15) is 13.9 Å². The molecule has 3 rings (SSSR count). The Morgan fingerprint density at radius 2 is 1.78 bits per heavy atom. The molecule has 0 saturated carbocycles. The highest BCUT2D eigenvalue weighted by atomic mass is 32.1. The second kappa shape index (κ2) is 14.4. The summed E-state index contributed by atoms with van der Waals surface area (Å²) in [7, 11) is 0. The van der Waals surface area contributed by atoms with Crippen LogP contribution in [0, 0.1) is 5.41 Å². The van der Waals surface area contributed by atoms with Crippen molar-refractivity contribution in [1.82, 2.24) is 9.97 Å². The molecule has 3 N–H and O–H groups in total. The van der Waals surface area contributed by atoms with E-state index in [4.69, 9.17) is 10.5 Å². The number of hydrogen-bond donors (Lipinski definition) is 4. The lowest BCUT2D eigenvalue weighted by molar-refractivity contribution is -0.0500. The monoisotopic (exact) mass is 465 g/mol. The molecule has 1 heterocycles. The lowest BCUT2D eigenvalue weighted by atomic mass is 9.94. The van der Waals surface area contributed by atoms with Gasteiger partial charge in [-0.2, -0.15) is 21.4 Å². The lowest BCUT2D eigenvalue weighted by Gasteiger charge is -2.17. The summed E-state index contributed by atoms with van der Waals surface area (Å²) in [5.41, 5.74) is 2.05. The molecule has 174 valence electrons. The van der Waals surface area contributed by atoms with Crippen LogP contribution in [-0.4, -0.2) is 38.8 Å². The van der Waals surface area contributed by atoms with Gasteiger partial charge in [0.2, 0.25) is 0 Å². The van der Waals surface area contributed by atoms with Crippen LogP contribution < -0.4 is 4.74 Å². The summed E-state index contributed by atoms with van der Waals surface area (Å²) in [5, 5.41) is 27.4. The predicted molar refractivity (Wildman–Crippen MR) is 125 cm³/mol. The standard InChI is InChI=1S/C19H17F2N3O3.C3H8.CH4S/c20-19(21)27-16-5-4-12(7-15(16)11-2-1-3-14(22)6-11)18(26)13-8-23-17(10-25)24-9-13;1-3-2;1-2/h1-2,4-9,18-19,22,25-26H,3,10H2;3H2,1-2H3;2H,1H3/t18-;;/m1../s1. The maximum Gasteiger partial charge on any atom is 0.387 e. The van der Waals surface area contributed by atoms with Crippen molar-refractivity contribution in [3.05, 3.63) is 71.3 Å². The molecule has 1 aliphatic carbocycles. The molecule has 1 atom stereocenters. The molecule has 1 aliphatic rings. The third kappa shape index (κ3) is 8.14. The lowest BCUT2D eigenvalue weighted by Crippen LogP contribution is -2.08. The zero-order valence-corrected chi connectivity index (χ0v) is 19.2. The van der Waals surface area contributed by atoms with Gasteiger partial charge in [-0.15, -0.1) is 0 Å². The number of alkyl halides is 2. The number of nitrogens with zero attached hydrogens (tertiary/aromatic N) is 2. The largest absolute Gasteiger partial charge is 0.434 e.